The summed E-state index contributed by atoms with van der Waals surface area (Å²) < 4.78 is 10.6. The Hall–Kier alpha value is -1.29. The first-order valence-electron chi connectivity index (χ1n) is 5.85. The van der Waals surface area contributed by atoms with Crippen molar-refractivity contribution in [2.24, 2.45) is 5.41 Å². The zero-order valence-corrected chi connectivity index (χ0v) is 10.8. The molecule has 0 bridgehead atoms. The average molecular weight is 237 g/mol. The Morgan fingerprint density at radius 1 is 1.29 bits per heavy atom. The lowest BCUT2D eigenvalue weighted by Crippen LogP contribution is -2.48. The Kier molecular flexibility index (Phi) is 3.00. The van der Waals surface area contributed by atoms with Crippen LogP contribution in [0, 0.1) is 26.2 Å². The number of rotatable bonds is 3. The average Bonchev–Trinajstić information content (AvgIpc) is 2.47. The second-order valence-corrected chi connectivity index (χ2v) is 5.20. The molecule has 2 rings (SSSR count). The minimum atomic E-state index is -0.0509. The van der Waals surface area contributed by atoms with Gasteiger partial charge in [-0.15, -0.1) is 0 Å². The first-order valence-corrected chi connectivity index (χ1v) is 5.85. The summed E-state index contributed by atoms with van der Waals surface area (Å²) in [6.07, 6.45) is 0. The highest BCUT2D eigenvalue weighted by Gasteiger charge is 2.34. The minimum Gasteiger partial charge on any atom is -0.466 e. The predicted molar refractivity (Wildman–Crippen MR) is 64.2 cm³/mol. The lowest BCUT2D eigenvalue weighted by molar-refractivity contribution is -0.0978. The van der Waals surface area contributed by atoms with E-state index in [0.717, 1.165) is 24.5 Å². The van der Waals surface area contributed by atoms with Gasteiger partial charge in [-0.3, -0.25) is 4.79 Å². The van der Waals surface area contributed by atoms with Crippen molar-refractivity contribution < 1.29 is 13.9 Å². The molecule has 1 saturated heterocycles. The van der Waals surface area contributed by atoms with Gasteiger partial charge in [-0.25, -0.2) is 0 Å². The van der Waals surface area contributed by atoms with E-state index in [1.54, 1.807) is 0 Å². The zero-order chi connectivity index (χ0) is 12.6. The molecule has 1 aromatic rings. The van der Waals surface area contributed by atoms with E-state index in [0.29, 0.717) is 17.9 Å². The summed E-state index contributed by atoms with van der Waals surface area (Å²) in [4.78, 5) is 12.1. The molecule has 1 aliphatic heterocycles. The van der Waals surface area contributed by atoms with Gasteiger partial charge in [0.1, 0.15) is 11.5 Å². The molecule has 4 heteroatoms. The Labute approximate surface area is 101 Å². The van der Waals surface area contributed by atoms with Gasteiger partial charge in [-0.1, -0.05) is 6.92 Å². The summed E-state index contributed by atoms with van der Waals surface area (Å²) in [7, 11) is 0. The molecular formula is C13H19NO3. The molecule has 0 aliphatic carbocycles. The third-order valence-electron chi connectivity index (χ3n) is 3.37. The van der Waals surface area contributed by atoms with Crippen LogP contribution in [-0.4, -0.2) is 25.7 Å². The van der Waals surface area contributed by atoms with E-state index in [4.69, 9.17) is 9.15 Å². The summed E-state index contributed by atoms with van der Waals surface area (Å²) in [5, 5.41) is 2.96. The summed E-state index contributed by atoms with van der Waals surface area (Å²) in [5.74, 6) is 1.45. The van der Waals surface area contributed by atoms with Crippen LogP contribution in [0.25, 0.3) is 0 Å². The maximum Gasteiger partial charge on any atom is 0.255 e. The summed E-state index contributed by atoms with van der Waals surface area (Å²) >= 11 is 0. The maximum atomic E-state index is 12.1. The molecule has 0 radical (unpaired) electrons. The largest absolute Gasteiger partial charge is 0.466 e. The maximum absolute atomic E-state index is 12.1. The van der Waals surface area contributed by atoms with Gasteiger partial charge in [0.2, 0.25) is 0 Å². The SMILES string of the molecule is Cc1oc(C)c(C(=O)NCC2(C)COC2)c1C. The van der Waals surface area contributed by atoms with Crippen molar-refractivity contribution in [3.8, 4) is 0 Å². The summed E-state index contributed by atoms with van der Waals surface area (Å²) in [6, 6.07) is 0. The van der Waals surface area contributed by atoms with Crippen LogP contribution in [0.5, 0.6) is 0 Å². The molecule has 1 fully saturated rings. The smallest absolute Gasteiger partial charge is 0.255 e. The van der Waals surface area contributed by atoms with Gasteiger partial charge < -0.3 is 14.5 Å². The monoisotopic (exact) mass is 237 g/mol. The minimum absolute atomic E-state index is 0.0509. The quantitative estimate of drug-likeness (QED) is 0.874. The number of furan rings is 1. The van der Waals surface area contributed by atoms with E-state index in [1.165, 1.54) is 0 Å². The molecule has 2 heterocycles. The van der Waals surface area contributed by atoms with Gasteiger partial charge in [0.25, 0.3) is 5.91 Å². The molecule has 0 aromatic carbocycles. The van der Waals surface area contributed by atoms with E-state index in [1.807, 2.05) is 20.8 Å². The van der Waals surface area contributed by atoms with Crippen LogP contribution >= 0.6 is 0 Å². The molecule has 0 unspecified atom stereocenters. The molecule has 0 spiro atoms. The van der Waals surface area contributed by atoms with Crippen molar-refractivity contribution >= 4 is 5.91 Å². The first kappa shape index (κ1) is 12.2. The lowest BCUT2D eigenvalue weighted by Gasteiger charge is -2.38. The van der Waals surface area contributed by atoms with Gasteiger partial charge in [0.05, 0.1) is 18.8 Å². The second-order valence-electron chi connectivity index (χ2n) is 5.20. The molecule has 0 saturated carbocycles. The van der Waals surface area contributed by atoms with E-state index in [9.17, 15) is 4.79 Å². The van der Waals surface area contributed by atoms with Gasteiger partial charge in [0, 0.05) is 17.5 Å². The van der Waals surface area contributed by atoms with E-state index < -0.39 is 0 Å². The van der Waals surface area contributed by atoms with Crippen molar-refractivity contribution in [3.05, 3.63) is 22.6 Å². The number of aryl methyl sites for hydroxylation is 2. The molecule has 1 aromatic heterocycles. The first-order chi connectivity index (χ1) is 7.93. The molecule has 1 amide bonds. The Morgan fingerprint density at radius 2 is 1.94 bits per heavy atom. The van der Waals surface area contributed by atoms with Gasteiger partial charge in [-0.05, 0) is 20.8 Å². The highest BCUT2D eigenvalue weighted by atomic mass is 16.5. The molecule has 17 heavy (non-hydrogen) atoms. The van der Waals surface area contributed by atoms with Crippen LogP contribution in [0.1, 0.15) is 34.4 Å². The van der Waals surface area contributed by atoms with Crippen molar-refractivity contribution in [3.63, 3.8) is 0 Å². The van der Waals surface area contributed by atoms with Crippen LogP contribution in [0.4, 0.5) is 0 Å². The lowest BCUT2D eigenvalue weighted by atomic mass is 9.88. The molecule has 94 valence electrons. The fourth-order valence-corrected chi connectivity index (χ4v) is 2.06. The summed E-state index contributed by atoms with van der Waals surface area (Å²) in [6.45, 7) is 9.80. The fourth-order valence-electron chi connectivity index (χ4n) is 2.06. The second kappa shape index (κ2) is 4.18. The number of nitrogens with one attached hydrogen (secondary N) is 1. The normalized spacial score (nSPS) is 17.6. The number of amides is 1. The standard InChI is InChI=1S/C13H19NO3/c1-8-9(2)17-10(3)11(8)12(15)14-5-13(4)6-16-7-13/h5-7H2,1-4H3,(H,14,15). The van der Waals surface area contributed by atoms with Crippen LogP contribution < -0.4 is 5.32 Å². The molecule has 1 aliphatic rings. The molecular weight excluding hydrogens is 218 g/mol. The zero-order valence-electron chi connectivity index (χ0n) is 10.8. The van der Waals surface area contributed by atoms with Gasteiger partial charge in [-0.2, -0.15) is 0 Å². The molecule has 1 N–H and O–H groups in total. The Bertz CT molecular complexity index is 444. The van der Waals surface area contributed by atoms with Crippen molar-refractivity contribution in [2.75, 3.05) is 19.8 Å². The Morgan fingerprint density at radius 3 is 2.35 bits per heavy atom. The van der Waals surface area contributed by atoms with Gasteiger partial charge in [0.15, 0.2) is 0 Å². The van der Waals surface area contributed by atoms with Crippen LogP contribution in [0.3, 0.4) is 0 Å². The predicted octanol–water partition coefficient (Wildman–Crippen LogP) is 1.97. The van der Waals surface area contributed by atoms with E-state index >= 15 is 0 Å². The summed E-state index contributed by atoms with van der Waals surface area (Å²) in [5.41, 5.74) is 1.69. The molecule has 4 nitrogen and oxygen atoms in total. The van der Waals surface area contributed by atoms with Crippen molar-refractivity contribution in [2.45, 2.75) is 27.7 Å². The highest BCUT2D eigenvalue weighted by molar-refractivity contribution is 5.96. The third-order valence-corrected chi connectivity index (χ3v) is 3.37. The number of carbonyl (C=O) groups is 1. The number of hydrogen-bond acceptors (Lipinski definition) is 3. The Balaban J connectivity index is 2.04. The number of carbonyl (C=O) groups excluding carboxylic acids is 1. The van der Waals surface area contributed by atoms with Crippen molar-refractivity contribution in [1.82, 2.24) is 5.32 Å². The fraction of sp³-hybridized carbons (Fsp3) is 0.615. The van der Waals surface area contributed by atoms with Crippen LogP contribution in [0.15, 0.2) is 4.42 Å². The van der Waals surface area contributed by atoms with Crippen LogP contribution in [0.2, 0.25) is 0 Å². The van der Waals surface area contributed by atoms with Crippen molar-refractivity contribution in [1.29, 1.82) is 0 Å². The number of ether oxygens (including phenoxy) is 1. The van der Waals surface area contributed by atoms with E-state index in [-0.39, 0.29) is 11.3 Å². The third kappa shape index (κ3) is 2.22. The number of hydrogen-bond donors (Lipinski definition) is 1. The van der Waals surface area contributed by atoms with Crippen LogP contribution in [-0.2, 0) is 4.74 Å². The highest BCUT2D eigenvalue weighted by Crippen LogP contribution is 2.26. The van der Waals surface area contributed by atoms with Gasteiger partial charge >= 0.3 is 0 Å². The molecule has 0 atom stereocenters. The van der Waals surface area contributed by atoms with E-state index in [2.05, 4.69) is 12.2 Å². The topological polar surface area (TPSA) is 51.5 Å².